The number of aromatic nitrogens is 1. The van der Waals surface area contributed by atoms with E-state index in [1.165, 1.54) is 19.9 Å². The van der Waals surface area contributed by atoms with Crippen LogP contribution in [0.1, 0.15) is 19.4 Å². The van der Waals surface area contributed by atoms with Gasteiger partial charge in [0.05, 0.1) is 11.5 Å². The summed E-state index contributed by atoms with van der Waals surface area (Å²) in [7, 11) is 0. The summed E-state index contributed by atoms with van der Waals surface area (Å²) in [6, 6.07) is 7.19. The lowest BCUT2D eigenvalue weighted by atomic mass is 9.91. The number of aliphatic hydroxyl groups excluding tert-OH is 1. The Morgan fingerprint density at radius 2 is 2.05 bits per heavy atom. The molecule has 1 heterocycles. The largest absolute Gasteiger partial charge is 0.511 e. The van der Waals surface area contributed by atoms with Crippen LogP contribution in [0, 0.1) is 5.41 Å². The monoisotopic (exact) mass is 288 g/mol. The van der Waals surface area contributed by atoms with Crippen LogP contribution in [0.25, 0.3) is 10.9 Å². The maximum absolute atomic E-state index is 11.1. The number of aliphatic carboxylic acids is 1. The van der Waals surface area contributed by atoms with Crippen molar-refractivity contribution in [1.82, 2.24) is 4.98 Å². The Kier molecular flexibility index (Phi) is 4.04. The van der Waals surface area contributed by atoms with Crippen molar-refractivity contribution >= 4 is 16.9 Å². The van der Waals surface area contributed by atoms with E-state index in [9.17, 15) is 9.90 Å². The lowest BCUT2D eigenvalue weighted by molar-refractivity contribution is -0.144. The molecule has 2 rings (SSSR count). The summed E-state index contributed by atoms with van der Waals surface area (Å²) in [4.78, 5) is 14.2. The van der Waals surface area contributed by atoms with E-state index < -0.39 is 17.4 Å². The van der Waals surface area contributed by atoms with Crippen molar-refractivity contribution in [2.45, 2.75) is 26.3 Å². The number of rotatable bonds is 5. The first-order valence-electron chi connectivity index (χ1n) is 6.77. The fourth-order valence-electron chi connectivity index (χ4n) is 2.18. The van der Waals surface area contributed by atoms with E-state index in [2.05, 4.69) is 4.98 Å². The number of aliphatic hydroxyl groups is 1. The predicted octanol–water partition coefficient (Wildman–Crippen LogP) is 2.59. The molecule has 1 aromatic heterocycles. The zero-order valence-electron chi connectivity index (χ0n) is 12.1. The van der Waals surface area contributed by atoms with Gasteiger partial charge in [-0.1, -0.05) is 18.2 Å². The van der Waals surface area contributed by atoms with Crippen LogP contribution in [0.5, 0.6) is 0 Å². The first kappa shape index (κ1) is 15.1. The molecule has 0 fully saturated rings. The third-order valence-electron chi connectivity index (χ3n) is 3.55. The average molecular weight is 288 g/mol. The van der Waals surface area contributed by atoms with Gasteiger partial charge in [-0.3, -0.25) is 4.79 Å². The molecule has 0 aliphatic rings. The number of hydrogen-bond acceptors (Lipinski definition) is 3. The van der Waals surface area contributed by atoms with E-state index in [1.807, 2.05) is 30.5 Å². The van der Waals surface area contributed by atoms with Gasteiger partial charge in [0.25, 0.3) is 0 Å². The van der Waals surface area contributed by atoms with Gasteiger partial charge in [0.1, 0.15) is 5.76 Å². The molecule has 0 bridgehead atoms. The maximum atomic E-state index is 11.1. The number of nitrogens with two attached hydrogens (primary N) is 1. The Hall–Kier alpha value is -2.27. The van der Waals surface area contributed by atoms with E-state index in [1.54, 1.807) is 0 Å². The number of para-hydroxylation sites is 1. The summed E-state index contributed by atoms with van der Waals surface area (Å²) < 4.78 is 0. The molecule has 5 heteroatoms. The molecule has 0 saturated carbocycles. The Morgan fingerprint density at radius 1 is 1.38 bits per heavy atom. The molecule has 0 unspecified atom stereocenters. The normalized spacial score (nSPS) is 14.3. The standard InChI is InChI=1S/C16H20N2O3/c1-16(2,15(20)21)8-14(19)12(17)7-10-9-18-13-6-4-3-5-11(10)13/h3-6,8-9,12,18-19H,7,17H2,1-2H3,(H,20,21)/t12-/m1/s1. The number of carbonyl (C=O) groups is 1. The van der Waals surface area contributed by atoms with E-state index >= 15 is 0 Å². The highest BCUT2D eigenvalue weighted by atomic mass is 16.4. The number of fused-ring (bicyclic) bond motifs is 1. The van der Waals surface area contributed by atoms with Crippen LogP contribution >= 0.6 is 0 Å². The molecule has 2 aromatic rings. The topological polar surface area (TPSA) is 99.3 Å². The van der Waals surface area contributed by atoms with Gasteiger partial charge in [-0.25, -0.2) is 0 Å². The first-order valence-corrected chi connectivity index (χ1v) is 6.77. The Labute approximate surface area is 123 Å². The van der Waals surface area contributed by atoms with Crippen LogP contribution in [0.15, 0.2) is 42.3 Å². The highest BCUT2D eigenvalue weighted by Crippen LogP contribution is 2.23. The van der Waals surface area contributed by atoms with Crippen LogP contribution < -0.4 is 5.73 Å². The van der Waals surface area contributed by atoms with Crippen molar-refractivity contribution in [3.63, 3.8) is 0 Å². The zero-order valence-corrected chi connectivity index (χ0v) is 12.1. The minimum Gasteiger partial charge on any atom is -0.511 e. The van der Waals surface area contributed by atoms with E-state index in [4.69, 9.17) is 10.8 Å². The third kappa shape index (κ3) is 3.25. The summed E-state index contributed by atoms with van der Waals surface area (Å²) in [5, 5.41) is 20.2. The predicted molar refractivity (Wildman–Crippen MR) is 82.1 cm³/mol. The summed E-state index contributed by atoms with van der Waals surface area (Å²) in [5.41, 5.74) is 6.83. The molecule has 0 amide bonds. The lowest BCUT2D eigenvalue weighted by Gasteiger charge is -2.17. The minimum absolute atomic E-state index is 0.104. The SMILES string of the molecule is CC(C)(C=C(O)[C@H](N)Cc1c[nH]c2ccccc12)C(=O)O. The van der Waals surface area contributed by atoms with Crippen LogP contribution in [0.2, 0.25) is 0 Å². The Balaban J connectivity index is 2.20. The molecule has 112 valence electrons. The first-order chi connectivity index (χ1) is 9.81. The maximum Gasteiger partial charge on any atom is 0.313 e. The minimum atomic E-state index is -1.15. The smallest absolute Gasteiger partial charge is 0.313 e. The number of hydrogen-bond donors (Lipinski definition) is 4. The summed E-state index contributed by atoms with van der Waals surface area (Å²) in [6.07, 6.45) is 3.59. The third-order valence-corrected chi connectivity index (χ3v) is 3.55. The van der Waals surface area contributed by atoms with E-state index in [-0.39, 0.29) is 5.76 Å². The van der Waals surface area contributed by atoms with Crippen LogP contribution in [-0.2, 0) is 11.2 Å². The number of carboxylic acids is 1. The molecule has 0 radical (unpaired) electrons. The van der Waals surface area contributed by atoms with Gasteiger partial charge in [0, 0.05) is 17.1 Å². The molecule has 0 aliphatic carbocycles. The Bertz CT molecular complexity index is 686. The van der Waals surface area contributed by atoms with E-state index in [0.29, 0.717) is 6.42 Å². The molecule has 5 N–H and O–H groups in total. The van der Waals surface area contributed by atoms with Gasteiger partial charge < -0.3 is 20.9 Å². The second kappa shape index (κ2) is 5.61. The van der Waals surface area contributed by atoms with Gasteiger partial charge in [-0.05, 0) is 38.0 Å². The molecule has 1 aromatic carbocycles. The van der Waals surface area contributed by atoms with Crippen LogP contribution in [0.4, 0.5) is 0 Å². The summed E-state index contributed by atoms with van der Waals surface area (Å²) in [5.74, 6) is -1.11. The van der Waals surface area contributed by atoms with E-state index in [0.717, 1.165) is 16.5 Å². The molecule has 5 nitrogen and oxygen atoms in total. The van der Waals surface area contributed by atoms with Crippen LogP contribution in [0.3, 0.4) is 0 Å². The highest BCUT2D eigenvalue weighted by Gasteiger charge is 2.26. The van der Waals surface area contributed by atoms with Crippen LogP contribution in [-0.4, -0.2) is 27.2 Å². The highest BCUT2D eigenvalue weighted by molar-refractivity contribution is 5.83. The second-order valence-electron chi connectivity index (χ2n) is 5.77. The Morgan fingerprint density at radius 3 is 2.71 bits per heavy atom. The number of aromatic amines is 1. The van der Waals surface area contributed by atoms with Gasteiger partial charge >= 0.3 is 5.97 Å². The number of nitrogens with one attached hydrogen (secondary N) is 1. The molecule has 0 aliphatic heterocycles. The molecule has 0 saturated heterocycles. The summed E-state index contributed by atoms with van der Waals surface area (Å²) >= 11 is 0. The number of H-pyrrole nitrogens is 1. The van der Waals surface area contributed by atoms with Gasteiger partial charge in [0.15, 0.2) is 0 Å². The average Bonchev–Trinajstić information content (AvgIpc) is 2.81. The van der Waals surface area contributed by atoms with Crippen molar-refractivity contribution in [2.24, 2.45) is 11.1 Å². The molecule has 21 heavy (non-hydrogen) atoms. The second-order valence-corrected chi connectivity index (χ2v) is 5.77. The molecule has 1 atom stereocenters. The zero-order chi connectivity index (χ0) is 15.6. The van der Waals surface area contributed by atoms with Gasteiger partial charge in [-0.15, -0.1) is 0 Å². The number of benzene rings is 1. The van der Waals surface area contributed by atoms with Crippen molar-refractivity contribution in [3.05, 3.63) is 47.9 Å². The van der Waals surface area contributed by atoms with Gasteiger partial charge in [-0.2, -0.15) is 0 Å². The van der Waals surface area contributed by atoms with Crippen molar-refractivity contribution in [2.75, 3.05) is 0 Å². The fourth-order valence-corrected chi connectivity index (χ4v) is 2.18. The van der Waals surface area contributed by atoms with Crippen molar-refractivity contribution < 1.29 is 15.0 Å². The molecular weight excluding hydrogens is 268 g/mol. The molecular formula is C16H20N2O3. The fraction of sp³-hybridized carbons (Fsp3) is 0.312. The summed E-state index contributed by atoms with van der Waals surface area (Å²) in [6.45, 7) is 3.04. The van der Waals surface area contributed by atoms with Crippen molar-refractivity contribution in [1.29, 1.82) is 0 Å². The van der Waals surface area contributed by atoms with Gasteiger partial charge in [0.2, 0.25) is 0 Å². The quantitative estimate of drug-likeness (QED) is 0.635. The van der Waals surface area contributed by atoms with Crippen molar-refractivity contribution in [3.8, 4) is 0 Å². The number of carboxylic acid groups (broad SMARTS) is 1. The molecule has 0 spiro atoms. The lowest BCUT2D eigenvalue weighted by Crippen LogP contribution is -2.29.